The lowest BCUT2D eigenvalue weighted by Crippen LogP contribution is -2.08. The summed E-state index contributed by atoms with van der Waals surface area (Å²) in [4.78, 5) is 3.94. The summed E-state index contributed by atoms with van der Waals surface area (Å²) in [6.07, 6.45) is 1.62. The van der Waals surface area contributed by atoms with Crippen LogP contribution in [0, 0.1) is 0 Å². The number of nitrogens with one attached hydrogen (secondary N) is 1. The maximum Gasteiger partial charge on any atom is 0.143 e. The number of methoxy groups -OCH3 is 1. The lowest BCUT2D eigenvalue weighted by Gasteiger charge is -2.04. The number of ether oxygens (including phenoxy) is 1. The van der Waals surface area contributed by atoms with Crippen LogP contribution in [0.5, 0.6) is 5.75 Å². The summed E-state index contributed by atoms with van der Waals surface area (Å²) in [5, 5.41) is 0. The Labute approximate surface area is 72.9 Å². The van der Waals surface area contributed by atoms with E-state index in [-0.39, 0.29) is 0 Å². The molecule has 0 bridgehead atoms. The zero-order chi connectivity index (χ0) is 8.27. The van der Waals surface area contributed by atoms with E-state index in [4.69, 9.17) is 10.6 Å². The first kappa shape index (κ1) is 8.29. The number of pyridine rings is 1. The Morgan fingerprint density at radius 1 is 1.73 bits per heavy atom. The van der Waals surface area contributed by atoms with Crippen LogP contribution < -0.4 is 16.0 Å². The maximum atomic E-state index is 5.14. The van der Waals surface area contributed by atoms with Crippen molar-refractivity contribution in [2.75, 3.05) is 12.5 Å². The van der Waals surface area contributed by atoms with Crippen LogP contribution in [0.1, 0.15) is 0 Å². The van der Waals surface area contributed by atoms with E-state index in [0.29, 0.717) is 11.6 Å². The molecule has 0 aliphatic heterocycles. The number of hydrazine groups is 1. The first-order valence-corrected chi connectivity index (χ1v) is 3.73. The van der Waals surface area contributed by atoms with Gasteiger partial charge in [0.15, 0.2) is 0 Å². The molecule has 0 spiro atoms. The third kappa shape index (κ3) is 1.81. The van der Waals surface area contributed by atoms with Crippen LogP contribution in [-0.2, 0) is 0 Å². The van der Waals surface area contributed by atoms with Crippen LogP contribution in [0.4, 0.5) is 5.82 Å². The molecule has 0 amide bonds. The Bertz CT molecular complexity index is 254. The largest absolute Gasteiger partial charge is 0.495 e. The van der Waals surface area contributed by atoms with Crippen molar-refractivity contribution < 1.29 is 4.74 Å². The summed E-state index contributed by atoms with van der Waals surface area (Å²) in [6, 6.07) is 1.70. The van der Waals surface area contributed by atoms with E-state index in [0.717, 1.165) is 4.47 Å². The highest BCUT2D eigenvalue weighted by molar-refractivity contribution is 9.10. The van der Waals surface area contributed by atoms with Gasteiger partial charge in [0.2, 0.25) is 0 Å². The minimum Gasteiger partial charge on any atom is -0.495 e. The van der Waals surface area contributed by atoms with E-state index < -0.39 is 0 Å². The van der Waals surface area contributed by atoms with Gasteiger partial charge in [-0.15, -0.1) is 0 Å². The van der Waals surface area contributed by atoms with Crippen molar-refractivity contribution in [3.63, 3.8) is 0 Å². The molecular formula is C6H8BrN3O. The summed E-state index contributed by atoms with van der Waals surface area (Å²) < 4.78 is 5.81. The summed E-state index contributed by atoms with van der Waals surface area (Å²) in [5.74, 6) is 6.42. The van der Waals surface area contributed by atoms with E-state index in [2.05, 4.69) is 26.3 Å². The highest BCUT2D eigenvalue weighted by Gasteiger charge is 2.00. The Kier molecular flexibility index (Phi) is 2.67. The number of nitrogens with zero attached hydrogens (tertiary/aromatic N) is 1. The van der Waals surface area contributed by atoms with Crippen LogP contribution >= 0.6 is 15.9 Å². The summed E-state index contributed by atoms with van der Waals surface area (Å²) in [5.41, 5.74) is 2.42. The molecule has 11 heavy (non-hydrogen) atoms. The van der Waals surface area contributed by atoms with Gasteiger partial charge in [-0.05, 0) is 15.9 Å². The molecule has 0 aliphatic carbocycles. The highest BCUT2D eigenvalue weighted by Crippen LogP contribution is 2.25. The van der Waals surface area contributed by atoms with Gasteiger partial charge < -0.3 is 10.2 Å². The first-order chi connectivity index (χ1) is 5.27. The fourth-order valence-corrected chi connectivity index (χ4v) is 1.03. The van der Waals surface area contributed by atoms with Gasteiger partial charge in [-0.25, -0.2) is 10.8 Å². The number of hydrogen-bond acceptors (Lipinski definition) is 4. The van der Waals surface area contributed by atoms with Gasteiger partial charge in [0, 0.05) is 12.3 Å². The molecule has 4 nitrogen and oxygen atoms in total. The Morgan fingerprint density at radius 3 is 3.00 bits per heavy atom. The summed E-state index contributed by atoms with van der Waals surface area (Å²) in [6.45, 7) is 0. The smallest absolute Gasteiger partial charge is 0.143 e. The number of aromatic nitrogens is 1. The van der Waals surface area contributed by atoms with E-state index >= 15 is 0 Å². The predicted molar refractivity (Wildman–Crippen MR) is 46.3 cm³/mol. The van der Waals surface area contributed by atoms with Gasteiger partial charge >= 0.3 is 0 Å². The van der Waals surface area contributed by atoms with Gasteiger partial charge in [-0.3, -0.25) is 0 Å². The average Bonchev–Trinajstić information content (AvgIpc) is 2.05. The molecule has 0 atom stereocenters. The molecule has 0 aliphatic rings. The first-order valence-electron chi connectivity index (χ1n) is 2.94. The van der Waals surface area contributed by atoms with Crippen molar-refractivity contribution in [1.82, 2.24) is 4.98 Å². The molecule has 1 heterocycles. The summed E-state index contributed by atoms with van der Waals surface area (Å²) in [7, 11) is 1.58. The quantitative estimate of drug-likeness (QED) is 0.577. The molecule has 0 unspecified atom stereocenters. The normalized spacial score (nSPS) is 9.36. The lowest BCUT2D eigenvalue weighted by molar-refractivity contribution is 0.412. The third-order valence-corrected chi connectivity index (χ3v) is 1.78. The molecule has 0 saturated heterocycles. The molecule has 1 aromatic rings. The Morgan fingerprint density at radius 2 is 2.45 bits per heavy atom. The van der Waals surface area contributed by atoms with Crippen LogP contribution in [0.3, 0.4) is 0 Å². The zero-order valence-electron chi connectivity index (χ0n) is 5.97. The number of nitrogen functional groups attached to an aromatic ring is 1. The second-order valence-corrected chi connectivity index (χ2v) is 2.70. The predicted octanol–water partition coefficient (Wildman–Crippen LogP) is 1.14. The summed E-state index contributed by atoms with van der Waals surface area (Å²) >= 11 is 3.26. The van der Waals surface area contributed by atoms with Crippen molar-refractivity contribution in [3.8, 4) is 5.75 Å². The number of halogens is 1. The molecule has 0 fully saturated rings. The van der Waals surface area contributed by atoms with Gasteiger partial charge in [-0.1, -0.05) is 0 Å². The number of anilines is 1. The van der Waals surface area contributed by atoms with Gasteiger partial charge in [0.1, 0.15) is 11.6 Å². The topological polar surface area (TPSA) is 60.2 Å². The second kappa shape index (κ2) is 3.54. The van der Waals surface area contributed by atoms with Gasteiger partial charge in [0.25, 0.3) is 0 Å². The van der Waals surface area contributed by atoms with Gasteiger partial charge in [-0.2, -0.15) is 0 Å². The van der Waals surface area contributed by atoms with Crippen LogP contribution in [-0.4, -0.2) is 12.1 Å². The molecular weight excluding hydrogens is 210 g/mol. The molecule has 0 aromatic carbocycles. The molecule has 0 saturated carbocycles. The molecule has 1 rings (SSSR count). The van der Waals surface area contributed by atoms with Crippen molar-refractivity contribution in [3.05, 3.63) is 16.7 Å². The van der Waals surface area contributed by atoms with Crippen molar-refractivity contribution >= 4 is 21.7 Å². The number of hydrogen-bond donors (Lipinski definition) is 2. The van der Waals surface area contributed by atoms with Crippen molar-refractivity contribution in [1.29, 1.82) is 0 Å². The third-order valence-electron chi connectivity index (χ3n) is 1.19. The van der Waals surface area contributed by atoms with E-state index in [1.165, 1.54) is 0 Å². The second-order valence-electron chi connectivity index (χ2n) is 1.85. The fourth-order valence-electron chi connectivity index (χ4n) is 0.656. The molecule has 3 N–H and O–H groups in total. The minimum atomic E-state index is 0.574. The number of rotatable bonds is 2. The highest BCUT2D eigenvalue weighted by atomic mass is 79.9. The van der Waals surface area contributed by atoms with Crippen LogP contribution in [0.2, 0.25) is 0 Å². The standard InChI is InChI=1S/C6H8BrN3O/c1-11-5-2-6(10-8)9-3-4(5)7/h2-3H,8H2,1H3,(H,9,10). The minimum absolute atomic E-state index is 0.574. The number of nitrogens with two attached hydrogens (primary N) is 1. The maximum absolute atomic E-state index is 5.14. The fraction of sp³-hybridized carbons (Fsp3) is 0.167. The zero-order valence-corrected chi connectivity index (χ0v) is 7.55. The Hall–Kier alpha value is -0.810. The molecule has 5 heteroatoms. The lowest BCUT2D eigenvalue weighted by atomic mass is 10.4. The van der Waals surface area contributed by atoms with E-state index in [9.17, 15) is 0 Å². The molecule has 0 radical (unpaired) electrons. The average molecular weight is 218 g/mol. The molecule has 1 aromatic heterocycles. The van der Waals surface area contributed by atoms with Crippen molar-refractivity contribution in [2.24, 2.45) is 5.84 Å². The van der Waals surface area contributed by atoms with E-state index in [1.54, 1.807) is 19.4 Å². The van der Waals surface area contributed by atoms with Gasteiger partial charge in [0.05, 0.1) is 11.6 Å². The van der Waals surface area contributed by atoms with E-state index in [1.807, 2.05) is 0 Å². The Balaban J connectivity index is 3.02. The monoisotopic (exact) mass is 217 g/mol. The SMILES string of the molecule is COc1cc(NN)ncc1Br. The molecule has 60 valence electrons. The van der Waals surface area contributed by atoms with Crippen molar-refractivity contribution in [2.45, 2.75) is 0 Å². The van der Waals surface area contributed by atoms with Crippen LogP contribution in [0.15, 0.2) is 16.7 Å². The van der Waals surface area contributed by atoms with Crippen LogP contribution in [0.25, 0.3) is 0 Å².